The highest BCUT2D eigenvalue weighted by Gasteiger charge is 2.04. The second kappa shape index (κ2) is 7.57. The van der Waals surface area contributed by atoms with Gasteiger partial charge in [0.05, 0.1) is 0 Å². The molecule has 0 atom stereocenters. The highest BCUT2D eigenvalue weighted by Crippen LogP contribution is 2.08. The molecule has 0 aliphatic carbocycles. The number of halogens is 1. The zero-order valence-corrected chi connectivity index (χ0v) is 9.07. The van der Waals surface area contributed by atoms with E-state index in [0.717, 1.165) is 0 Å². The van der Waals surface area contributed by atoms with Gasteiger partial charge < -0.3 is 4.43 Å². The minimum atomic E-state index is -0.702. The van der Waals surface area contributed by atoms with Crippen molar-refractivity contribution < 1.29 is 4.43 Å². The normalized spacial score (nSPS) is 12.0. The predicted octanol–water partition coefficient (Wildman–Crippen LogP) is 2.21. The summed E-state index contributed by atoms with van der Waals surface area (Å²) >= 11 is 5.58. The van der Waals surface area contributed by atoms with Crippen LogP contribution in [-0.2, 0) is 4.43 Å². The molecule has 0 aliphatic rings. The van der Waals surface area contributed by atoms with E-state index in [1.54, 1.807) is 0 Å². The van der Waals surface area contributed by atoms with Crippen molar-refractivity contribution in [1.29, 1.82) is 0 Å². The van der Waals surface area contributed by atoms with E-state index in [9.17, 15) is 0 Å². The maximum atomic E-state index is 5.58. The average molecular weight is 181 g/mol. The number of hydrogen-bond donors (Lipinski definition) is 0. The van der Waals surface area contributed by atoms with Crippen LogP contribution in [0.15, 0.2) is 0 Å². The minimum absolute atomic E-state index is 0.458. The highest BCUT2D eigenvalue weighted by molar-refractivity contribution is 6.89. The molecule has 62 valence electrons. The number of rotatable bonds is 6. The van der Waals surface area contributed by atoms with Crippen LogP contribution in [0.4, 0.5) is 0 Å². The summed E-state index contributed by atoms with van der Waals surface area (Å²) in [4.78, 5) is 0. The third-order valence-electron chi connectivity index (χ3n) is 1.52. The first-order chi connectivity index (χ1) is 4.85. The molecule has 0 rings (SSSR count). The summed E-state index contributed by atoms with van der Waals surface area (Å²) in [6, 6.07) is 0. The predicted molar refractivity (Wildman–Crippen MR) is 49.1 cm³/mol. The smallest absolute Gasteiger partial charge is 0.258 e. The third kappa shape index (κ3) is 5.27. The molecule has 0 spiro atoms. The summed E-state index contributed by atoms with van der Waals surface area (Å²) in [5.74, 6) is 0. The molecule has 3 heteroatoms. The molecule has 0 bridgehead atoms. The summed E-state index contributed by atoms with van der Waals surface area (Å²) in [5, 5.41) is 0. The standard InChI is InChI=1S/C7H17ClOSi/c1-3-5-7(6-4-2)9-10-8/h7H,3-6,10H2,1-2H3. The van der Waals surface area contributed by atoms with E-state index in [-0.39, 0.29) is 0 Å². The zero-order chi connectivity index (χ0) is 7.82. The Bertz CT molecular complexity index is 56.4. The van der Waals surface area contributed by atoms with Crippen LogP contribution in [0.25, 0.3) is 0 Å². The Kier molecular flexibility index (Phi) is 7.93. The fourth-order valence-corrected chi connectivity index (χ4v) is 2.09. The quantitative estimate of drug-likeness (QED) is 0.450. The summed E-state index contributed by atoms with van der Waals surface area (Å²) in [5.41, 5.74) is 0. The summed E-state index contributed by atoms with van der Waals surface area (Å²) in [6.45, 7) is 4.36. The van der Waals surface area contributed by atoms with E-state index in [1.165, 1.54) is 25.7 Å². The van der Waals surface area contributed by atoms with Gasteiger partial charge in [-0.25, -0.2) is 0 Å². The first-order valence-corrected chi connectivity index (χ1v) is 6.74. The van der Waals surface area contributed by atoms with Crippen LogP contribution in [0.5, 0.6) is 0 Å². The van der Waals surface area contributed by atoms with Crippen molar-refractivity contribution in [2.24, 2.45) is 0 Å². The third-order valence-corrected chi connectivity index (χ3v) is 2.50. The average Bonchev–Trinajstić information content (AvgIpc) is 1.90. The van der Waals surface area contributed by atoms with Gasteiger partial charge in [0.25, 0.3) is 9.07 Å². The first kappa shape index (κ1) is 10.5. The van der Waals surface area contributed by atoms with Gasteiger partial charge in [-0.1, -0.05) is 26.7 Å². The molecule has 0 aliphatic heterocycles. The Balaban J connectivity index is 3.30. The molecule has 0 aromatic heterocycles. The molecular formula is C7H17ClOSi. The van der Waals surface area contributed by atoms with E-state index in [4.69, 9.17) is 15.5 Å². The Hall–Kier alpha value is 0.467. The van der Waals surface area contributed by atoms with E-state index < -0.39 is 9.07 Å². The van der Waals surface area contributed by atoms with Crippen molar-refractivity contribution in [3.05, 3.63) is 0 Å². The Morgan fingerprint density at radius 1 is 1.30 bits per heavy atom. The molecule has 0 saturated carbocycles. The molecule has 0 aromatic carbocycles. The van der Waals surface area contributed by atoms with Crippen LogP contribution in [0.2, 0.25) is 0 Å². The van der Waals surface area contributed by atoms with Gasteiger partial charge in [0.2, 0.25) is 0 Å². The van der Waals surface area contributed by atoms with Crippen LogP contribution in [0.1, 0.15) is 39.5 Å². The van der Waals surface area contributed by atoms with Gasteiger partial charge in [0, 0.05) is 6.10 Å². The van der Waals surface area contributed by atoms with Crippen molar-refractivity contribution in [3.8, 4) is 0 Å². The maximum Gasteiger partial charge on any atom is 0.258 e. The second-order valence-electron chi connectivity index (χ2n) is 2.48. The SMILES string of the molecule is CCCC(CCC)O[SiH2]Cl. The molecule has 10 heavy (non-hydrogen) atoms. The van der Waals surface area contributed by atoms with Gasteiger partial charge in [-0.3, -0.25) is 0 Å². The molecule has 0 saturated heterocycles. The lowest BCUT2D eigenvalue weighted by atomic mass is 10.1. The largest absolute Gasteiger partial charge is 0.405 e. The number of hydrogen-bond acceptors (Lipinski definition) is 1. The Morgan fingerprint density at radius 2 is 1.80 bits per heavy atom. The molecule has 0 heterocycles. The molecule has 0 N–H and O–H groups in total. The van der Waals surface area contributed by atoms with Crippen molar-refractivity contribution in [1.82, 2.24) is 0 Å². The van der Waals surface area contributed by atoms with Crippen LogP contribution in [-0.4, -0.2) is 15.2 Å². The topological polar surface area (TPSA) is 9.23 Å². The minimum Gasteiger partial charge on any atom is -0.405 e. The van der Waals surface area contributed by atoms with Crippen molar-refractivity contribution in [3.63, 3.8) is 0 Å². The maximum absolute atomic E-state index is 5.58. The van der Waals surface area contributed by atoms with E-state index in [2.05, 4.69) is 13.8 Å². The Labute approximate surface area is 70.7 Å². The van der Waals surface area contributed by atoms with E-state index in [0.29, 0.717) is 6.10 Å². The van der Waals surface area contributed by atoms with Gasteiger partial charge in [-0.05, 0) is 12.8 Å². The molecular weight excluding hydrogens is 164 g/mol. The second-order valence-corrected chi connectivity index (χ2v) is 3.68. The molecule has 0 fully saturated rings. The first-order valence-electron chi connectivity index (χ1n) is 4.02. The van der Waals surface area contributed by atoms with Crippen molar-refractivity contribution >= 4 is 20.2 Å². The molecule has 0 amide bonds. The summed E-state index contributed by atoms with van der Waals surface area (Å²) < 4.78 is 5.43. The molecule has 1 nitrogen and oxygen atoms in total. The van der Waals surface area contributed by atoms with Gasteiger partial charge in [-0.15, -0.1) is 11.1 Å². The van der Waals surface area contributed by atoms with Gasteiger partial charge >= 0.3 is 0 Å². The summed E-state index contributed by atoms with van der Waals surface area (Å²) in [6.07, 6.45) is 5.21. The van der Waals surface area contributed by atoms with Crippen LogP contribution in [0.3, 0.4) is 0 Å². The lowest BCUT2D eigenvalue weighted by molar-refractivity contribution is 0.193. The van der Waals surface area contributed by atoms with Crippen LogP contribution >= 0.6 is 11.1 Å². The van der Waals surface area contributed by atoms with Crippen LogP contribution in [0, 0.1) is 0 Å². The van der Waals surface area contributed by atoms with Crippen LogP contribution < -0.4 is 0 Å². The van der Waals surface area contributed by atoms with Gasteiger partial charge in [0.15, 0.2) is 0 Å². The molecule has 0 aromatic rings. The van der Waals surface area contributed by atoms with Gasteiger partial charge in [-0.2, -0.15) is 0 Å². The fraction of sp³-hybridized carbons (Fsp3) is 1.00. The summed E-state index contributed by atoms with van der Waals surface area (Å²) in [7, 11) is -0.702. The monoisotopic (exact) mass is 180 g/mol. The molecule has 0 radical (unpaired) electrons. The fourth-order valence-electron chi connectivity index (χ4n) is 1.04. The zero-order valence-electron chi connectivity index (χ0n) is 6.90. The molecule has 0 unspecified atom stereocenters. The van der Waals surface area contributed by atoms with Gasteiger partial charge in [0.1, 0.15) is 0 Å². The van der Waals surface area contributed by atoms with E-state index >= 15 is 0 Å². The van der Waals surface area contributed by atoms with Crippen molar-refractivity contribution in [2.75, 3.05) is 0 Å². The van der Waals surface area contributed by atoms with Crippen molar-refractivity contribution in [2.45, 2.75) is 45.6 Å². The highest BCUT2D eigenvalue weighted by atomic mass is 35.6. The van der Waals surface area contributed by atoms with E-state index in [1.807, 2.05) is 0 Å². The lowest BCUT2D eigenvalue weighted by Crippen LogP contribution is -2.12. The Morgan fingerprint density at radius 3 is 2.10 bits per heavy atom. The lowest BCUT2D eigenvalue weighted by Gasteiger charge is -2.13.